The Bertz CT molecular complexity index is 1620. The van der Waals surface area contributed by atoms with Gasteiger partial charge < -0.3 is 39.2 Å². The fraction of sp³-hybridized carbons (Fsp3) is 0.485. The van der Waals surface area contributed by atoms with Crippen LogP contribution < -0.4 is 148 Å². The van der Waals surface area contributed by atoms with Crippen molar-refractivity contribution in [2.75, 3.05) is 64.4 Å². The number of carboxylic acid groups (broad SMARTS) is 2. The monoisotopic (exact) mass is 1010 g/mol. The first-order valence-corrected chi connectivity index (χ1v) is 17.3. The molecule has 6 heterocycles. The molecule has 0 spiro atoms. The van der Waals surface area contributed by atoms with Crippen molar-refractivity contribution in [3.8, 4) is 11.5 Å². The Morgan fingerprint density at radius 2 is 1.24 bits per heavy atom. The maximum atomic E-state index is 11.8. The predicted octanol–water partition coefficient (Wildman–Crippen LogP) is -2.42. The summed E-state index contributed by atoms with van der Waals surface area (Å²) >= 11 is 3.42. The zero-order valence-electron chi connectivity index (χ0n) is 29.8. The Morgan fingerprint density at radius 3 is 1.71 bits per heavy atom. The van der Waals surface area contributed by atoms with Gasteiger partial charge in [0.1, 0.15) is 29.2 Å². The van der Waals surface area contributed by atoms with E-state index in [1.807, 2.05) is 12.1 Å². The summed E-state index contributed by atoms with van der Waals surface area (Å²) in [5, 5.41) is 33.8. The molecule has 2 saturated heterocycles. The molecule has 0 amide bonds. The van der Waals surface area contributed by atoms with Gasteiger partial charge in [-0.05, 0) is 90.0 Å². The first-order chi connectivity index (χ1) is 23.7. The zero-order valence-corrected chi connectivity index (χ0v) is 44.0. The van der Waals surface area contributed by atoms with Crippen LogP contribution in [0.4, 0.5) is 4.79 Å². The fourth-order valence-electron chi connectivity index (χ4n) is 5.18. The number of carbonyl (C=O) groups is 3. The van der Waals surface area contributed by atoms with Crippen molar-refractivity contribution in [3.63, 3.8) is 0 Å². The van der Waals surface area contributed by atoms with Crippen LogP contribution in [0.1, 0.15) is 60.2 Å². The van der Waals surface area contributed by atoms with Crippen LogP contribution in [0.2, 0.25) is 0 Å². The molecular formula is C33H44BrCs2N6O9+. The van der Waals surface area contributed by atoms with Crippen LogP contribution in [-0.2, 0) is 9.47 Å². The zero-order chi connectivity index (χ0) is 35.6. The third-order valence-corrected chi connectivity index (χ3v) is 7.81. The van der Waals surface area contributed by atoms with E-state index < -0.39 is 12.1 Å². The van der Waals surface area contributed by atoms with Crippen LogP contribution in [0, 0.1) is 0 Å². The quantitative estimate of drug-likeness (QED) is 0.127. The van der Waals surface area contributed by atoms with E-state index in [-0.39, 0.29) is 150 Å². The number of rotatable bonds is 10. The first kappa shape index (κ1) is 48.7. The molecule has 0 aromatic carbocycles. The van der Waals surface area contributed by atoms with Gasteiger partial charge in [-0.3, -0.25) is 4.90 Å². The van der Waals surface area contributed by atoms with Crippen LogP contribution in [0.3, 0.4) is 0 Å². The summed E-state index contributed by atoms with van der Waals surface area (Å²) in [6, 6.07) is 6.82. The maximum absolute atomic E-state index is 11.8. The summed E-state index contributed by atoms with van der Waals surface area (Å²) in [5.74, 6) is 0.101. The van der Waals surface area contributed by atoms with Gasteiger partial charge in [0.2, 0.25) is 6.16 Å². The molecule has 0 atom stereocenters. The van der Waals surface area contributed by atoms with Crippen LogP contribution in [0.5, 0.6) is 11.5 Å². The standard InChI is InChI=1S/C16H21N3O3.C10H10N2O3.C6H12BrN.CH2O3.2Cs/c1-2-21-16(20)14-11-17-19-12-13(5-6-15(14)19)22-10-9-18-7-3-4-8-18;1-2-15-10(14)8-5-11-12-6-7(13)3-4-9(8)12;7-3-6-8-4-1-2-5-8;2-1(3)4;;/h5-6,11-12H,2-4,7-10H2,1H3;3-6,13H,2H2,1H3;1-6H2;(H2,2,3,4);;/q;;;;2*+1/p-1. The van der Waals surface area contributed by atoms with Crippen molar-refractivity contribution < 1.29 is 182 Å². The number of likely N-dealkylation sites (tertiary alicyclic amines) is 2. The fourth-order valence-corrected chi connectivity index (χ4v) is 5.68. The van der Waals surface area contributed by atoms with Gasteiger partial charge in [0, 0.05) is 18.4 Å². The number of aromatic hydroxyl groups is 1. The second kappa shape index (κ2) is 27.3. The summed E-state index contributed by atoms with van der Waals surface area (Å²) in [6.45, 7) is 12.1. The SMILES string of the molecule is BrCCN1CCCC1.CCOC(=O)c1cnn2cc(O)ccc12.CCOC(=O)c1cnn2cc(OCCN3CCCC3)ccc12.O=C([O-])O.[Cs+].[Cs+]. The van der Waals surface area contributed by atoms with Gasteiger partial charge in [-0.25, -0.2) is 18.6 Å². The first-order valence-electron chi connectivity index (χ1n) is 16.2. The third-order valence-electron chi connectivity index (χ3n) is 7.45. The molecule has 0 saturated carbocycles. The van der Waals surface area contributed by atoms with Gasteiger partial charge in [-0.15, -0.1) is 0 Å². The van der Waals surface area contributed by atoms with E-state index in [1.54, 1.807) is 30.6 Å². The Kier molecular flexibility index (Phi) is 26.1. The van der Waals surface area contributed by atoms with Gasteiger partial charge in [0.05, 0.1) is 49.0 Å². The van der Waals surface area contributed by atoms with E-state index in [4.69, 9.17) is 29.2 Å². The number of halogens is 1. The van der Waals surface area contributed by atoms with Crippen LogP contribution in [0.15, 0.2) is 49.1 Å². The molecule has 15 nitrogen and oxygen atoms in total. The van der Waals surface area contributed by atoms with Crippen LogP contribution in [0.25, 0.3) is 11.0 Å². The number of alkyl halides is 1. The van der Waals surface area contributed by atoms with Gasteiger partial charge in [-0.2, -0.15) is 10.2 Å². The number of fused-ring (bicyclic) bond motifs is 2. The second-order valence-corrected chi connectivity index (χ2v) is 11.7. The molecule has 268 valence electrons. The number of aromatic nitrogens is 4. The van der Waals surface area contributed by atoms with Crippen LogP contribution in [-0.4, -0.2) is 122 Å². The normalized spacial score (nSPS) is 13.6. The minimum atomic E-state index is -2.08. The largest absolute Gasteiger partial charge is 1.00 e. The molecular weight excluding hydrogens is 970 g/mol. The second-order valence-electron chi connectivity index (χ2n) is 10.9. The molecule has 0 aliphatic carbocycles. The smallest absolute Gasteiger partial charge is 0.565 e. The molecule has 18 heteroatoms. The van der Waals surface area contributed by atoms with E-state index in [2.05, 4.69) is 35.9 Å². The van der Waals surface area contributed by atoms with Crippen molar-refractivity contribution in [1.82, 2.24) is 29.0 Å². The average molecular weight is 1010 g/mol. The molecule has 0 unspecified atom stereocenters. The number of hydrogen-bond donors (Lipinski definition) is 2. The molecule has 2 aliphatic rings. The number of esters is 2. The Labute approximate surface area is 423 Å². The molecule has 2 N–H and O–H groups in total. The average Bonchev–Trinajstić information content (AvgIpc) is 3.90. The number of carbonyl (C=O) groups excluding carboxylic acids is 2. The number of pyridine rings is 2. The molecule has 51 heavy (non-hydrogen) atoms. The van der Waals surface area contributed by atoms with Gasteiger partial charge in [0.15, 0.2) is 0 Å². The van der Waals surface area contributed by atoms with Gasteiger partial charge >= 0.3 is 150 Å². The molecule has 2 fully saturated rings. The van der Waals surface area contributed by atoms with E-state index in [1.165, 1.54) is 87.6 Å². The summed E-state index contributed by atoms with van der Waals surface area (Å²) in [5.41, 5.74) is 2.22. The Hall–Kier alpha value is -0.306. The Morgan fingerprint density at radius 1 is 0.784 bits per heavy atom. The van der Waals surface area contributed by atoms with Crippen molar-refractivity contribution in [3.05, 3.63) is 60.2 Å². The van der Waals surface area contributed by atoms with E-state index in [9.17, 15) is 14.7 Å². The van der Waals surface area contributed by atoms with E-state index >= 15 is 0 Å². The van der Waals surface area contributed by atoms with Gasteiger partial charge in [-0.1, -0.05) is 15.9 Å². The number of ether oxygens (including phenoxy) is 3. The van der Waals surface area contributed by atoms with Crippen LogP contribution >= 0.6 is 15.9 Å². The Balaban J connectivity index is 0.000000388. The summed E-state index contributed by atoms with van der Waals surface area (Å²) in [7, 11) is 0. The maximum Gasteiger partial charge on any atom is 1.00 e. The minimum absolute atomic E-state index is 0. The topological polar surface area (TPSA) is 184 Å². The molecule has 4 aromatic rings. The number of hydrogen-bond acceptors (Lipinski definition) is 12. The summed E-state index contributed by atoms with van der Waals surface area (Å²) in [4.78, 5) is 36.6. The van der Waals surface area contributed by atoms with Gasteiger partial charge in [0.25, 0.3) is 0 Å². The van der Waals surface area contributed by atoms with E-state index in [0.29, 0.717) is 36.5 Å². The van der Waals surface area contributed by atoms with Crippen molar-refractivity contribution in [2.24, 2.45) is 0 Å². The third kappa shape index (κ3) is 17.4. The van der Waals surface area contributed by atoms with Crippen molar-refractivity contribution >= 4 is 45.1 Å². The van der Waals surface area contributed by atoms with Crippen molar-refractivity contribution in [1.29, 1.82) is 0 Å². The summed E-state index contributed by atoms with van der Waals surface area (Å²) in [6.07, 6.45) is 9.49. The minimum Gasteiger partial charge on any atom is -0.565 e. The van der Waals surface area contributed by atoms with Crippen molar-refractivity contribution in [2.45, 2.75) is 39.5 Å². The van der Waals surface area contributed by atoms with E-state index in [0.717, 1.165) is 23.1 Å². The summed E-state index contributed by atoms with van der Waals surface area (Å²) < 4.78 is 18.7. The molecule has 0 bridgehead atoms. The predicted molar refractivity (Wildman–Crippen MR) is 183 cm³/mol. The number of nitrogens with zero attached hydrogens (tertiary/aromatic N) is 6. The molecule has 6 rings (SSSR count). The molecule has 0 radical (unpaired) electrons. The molecule has 2 aliphatic heterocycles. The molecule has 4 aromatic heterocycles.